The van der Waals surface area contributed by atoms with Gasteiger partial charge in [0.1, 0.15) is 5.69 Å². The first-order valence-corrected chi connectivity index (χ1v) is 3.41. The van der Waals surface area contributed by atoms with E-state index in [2.05, 4.69) is 4.98 Å². The summed E-state index contributed by atoms with van der Waals surface area (Å²) in [6, 6.07) is 1.20. The summed E-state index contributed by atoms with van der Waals surface area (Å²) in [5.41, 5.74) is -0.112. The Labute approximate surface area is 72.6 Å². The van der Waals surface area contributed by atoms with E-state index >= 15 is 0 Å². The number of hydrogen-bond donors (Lipinski definition) is 1. The third-order valence-corrected chi connectivity index (χ3v) is 1.74. The summed E-state index contributed by atoms with van der Waals surface area (Å²) in [5, 5.41) is 8.88. The summed E-state index contributed by atoms with van der Waals surface area (Å²) in [7, 11) is 0. The molecule has 1 N–H and O–H groups in total. The molecule has 1 aromatic heterocycles. The molecule has 0 aliphatic heterocycles. The second-order valence-electron chi connectivity index (χ2n) is 1.79. The molecule has 1 heterocycles. The summed E-state index contributed by atoms with van der Waals surface area (Å²) < 4.78 is 0. The maximum atomic E-state index is 10.3. The zero-order chi connectivity index (χ0) is 8.43. The molecule has 5 heteroatoms. The minimum atomic E-state index is -1.12. The molecule has 0 aliphatic carbocycles. The number of carbonyl (C=O) groups is 1. The van der Waals surface area contributed by atoms with Crippen LogP contribution in [0, 0.1) is 0 Å². The number of aromatic nitrogens is 1. The molecule has 0 saturated carbocycles. The lowest BCUT2D eigenvalue weighted by Crippen LogP contribution is -1.98. The Morgan fingerprint density at radius 3 is 2.55 bits per heavy atom. The Bertz CT molecular complexity index is 301. The Morgan fingerprint density at radius 1 is 1.45 bits per heavy atom. The topological polar surface area (TPSA) is 50.2 Å². The zero-order valence-electron chi connectivity index (χ0n) is 5.21. The van der Waals surface area contributed by atoms with Gasteiger partial charge in [0.2, 0.25) is 0 Å². The van der Waals surface area contributed by atoms with Gasteiger partial charge >= 0.3 is 5.97 Å². The smallest absolute Gasteiger partial charge is 0.354 e. The lowest BCUT2D eigenvalue weighted by Gasteiger charge is -1.95. The van der Waals surface area contributed by atoms with E-state index in [1.54, 1.807) is 0 Å². The summed E-state index contributed by atoms with van der Waals surface area (Å²) in [5.74, 6) is -1.12. The Hall–Kier alpha value is -0.800. The van der Waals surface area contributed by atoms with E-state index in [0.29, 0.717) is 0 Å². The van der Waals surface area contributed by atoms with Gasteiger partial charge in [-0.1, -0.05) is 23.2 Å². The van der Waals surface area contributed by atoms with Crippen LogP contribution in [0.1, 0.15) is 10.5 Å². The fraction of sp³-hybridized carbons (Fsp3) is 0. The molecule has 1 rings (SSSR count). The fourth-order valence-corrected chi connectivity index (χ4v) is 0.787. The van der Waals surface area contributed by atoms with Gasteiger partial charge in [-0.05, 0) is 6.07 Å². The number of aromatic carboxylic acids is 1. The number of carboxylic acid groups (broad SMARTS) is 1. The average Bonchev–Trinajstić information content (AvgIpc) is 1.94. The molecule has 11 heavy (non-hydrogen) atoms. The molecular formula is C6H3Cl2NO2. The normalized spacial score (nSPS) is 9.64. The molecule has 0 unspecified atom stereocenters. The number of nitrogens with zero attached hydrogens (tertiary/aromatic N) is 1. The molecule has 0 radical (unpaired) electrons. The van der Waals surface area contributed by atoms with Crippen molar-refractivity contribution in [2.75, 3.05) is 0 Å². The molecule has 3 nitrogen and oxygen atoms in total. The zero-order valence-corrected chi connectivity index (χ0v) is 6.73. The van der Waals surface area contributed by atoms with Crippen LogP contribution in [0.15, 0.2) is 12.3 Å². The standard InChI is InChI=1S/C6H3Cl2NO2/c7-3-1-5(6(10)11)9-2-4(3)8/h1-2H,(H,10,11). The number of hydrogen-bond acceptors (Lipinski definition) is 2. The third-order valence-electron chi connectivity index (χ3n) is 1.03. The maximum Gasteiger partial charge on any atom is 0.354 e. The monoisotopic (exact) mass is 191 g/mol. The predicted octanol–water partition coefficient (Wildman–Crippen LogP) is 2.09. The van der Waals surface area contributed by atoms with Crippen LogP contribution in [0.5, 0.6) is 0 Å². The van der Waals surface area contributed by atoms with Gasteiger partial charge in [0.25, 0.3) is 0 Å². The number of halogens is 2. The van der Waals surface area contributed by atoms with Crippen molar-refractivity contribution in [3.8, 4) is 0 Å². The third kappa shape index (κ3) is 1.82. The quantitative estimate of drug-likeness (QED) is 0.740. The van der Waals surface area contributed by atoms with Crippen molar-refractivity contribution < 1.29 is 9.90 Å². The van der Waals surface area contributed by atoms with Crippen molar-refractivity contribution in [1.82, 2.24) is 4.98 Å². The molecule has 1 aromatic rings. The minimum absolute atomic E-state index is 0.112. The van der Waals surface area contributed by atoms with E-state index in [9.17, 15) is 4.79 Å². The van der Waals surface area contributed by atoms with Gasteiger partial charge in [-0.15, -0.1) is 0 Å². The van der Waals surface area contributed by atoms with Gasteiger partial charge in [-0.2, -0.15) is 0 Å². The van der Waals surface area contributed by atoms with Crippen molar-refractivity contribution in [2.24, 2.45) is 0 Å². The highest BCUT2D eigenvalue weighted by Crippen LogP contribution is 2.20. The van der Waals surface area contributed by atoms with E-state index < -0.39 is 5.97 Å². The maximum absolute atomic E-state index is 10.3. The Balaban J connectivity index is 3.15. The van der Waals surface area contributed by atoms with E-state index in [0.717, 1.165) is 0 Å². The second kappa shape index (κ2) is 3.07. The van der Waals surface area contributed by atoms with Gasteiger partial charge in [0.05, 0.1) is 10.0 Å². The molecule has 0 atom stereocenters. The predicted molar refractivity (Wildman–Crippen MR) is 41.2 cm³/mol. The van der Waals surface area contributed by atoms with Crippen LogP contribution in [0.4, 0.5) is 0 Å². The summed E-state index contributed by atoms with van der Waals surface area (Å²) in [4.78, 5) is 13.8. The van der Waals surface area contributed by atoms with Gasteiger partial charge in [-0.25, -0.2) is 9.78 Å². The Morgan fingerprint density at radius 2 is 2.09 bits per heavy atom. The van der Waals surface area contributed by atoms with Crippen LogP contribution < -0.4 is 0 Å². The lowest BCUT2D eigenvalue weighted by molar-refractivity contribution is 0.0690. The largest absolute Gasteiger partial charge is 0.477 e. The molecule has 0 saturated heterocycles. The summed E-state index contributed by atoms with van der Waals surface area (Å²) in [6.07, 6.45) is 1.20. The molecule has 0 spiro atoms. The molecule has 0 aliphatic rings. The van der Waals surface area contributed by atoms with Crippen LogP contribution >= 0.6 is 23.2 Å². The van der Waals surface area contributed by atoms with Crippen molar-refractivity contribution >= 4 is 29.2 Å². The van der Waals surface area contributed by atoms with Crippen molar-refractivity contribution in [2.45, 2.75) is 0 Å². The Kier molecular flexibility index (Phi) is 2.31. The average molecular weight is 192 g/mol. The van der Waals surface area contributed by atoms with E-state index in [4.69, 9.17) is 28.3 Å². The van der Waals surface area contributed by atoms with Crippen molar-refractivity contribution in [3.05, 3.63) is 28.0 Å². The number of carboxylic acids is 1. The van der Waals surface area contributed by atoms with Gasteiger partial charge in [-0.3, -0.25) is 0 Å². The highest BCUT2D eigenvalue weighted by molar-refractivity contribution is 6.42. The van der Waals surface area contributed by atoms with E-state index in [-0.39, 0.29) is 15.7 Å². The molecule has 58 valence electrons. The van der Waals surface area contributed by atoms with Gasteiger partial charge in [0, 0.05) is 6.20 Å². The second-order valence-corrected chi connectivity index (χ2v) is 2.60. The first-order chi connectivity index (χ1) is 5.11. The lowest BCUT2D eigenvalue weighted by atomic mass is 10.3. The van der Waals surface area contributed by atoms with Crippen LogP contribution in [0.25, 0.3) is 0 Å². The first-order valence-electron chi connectivity index (χ1n) is 2.65. The summed E-state index contributed by atoms with van der Waals surface area (Å²) in [6.45, 7) is 0. The molecule has 0 bridgehead atoms. The molecule has 0 amide bonds. The summed E-state index contributed by atoms with van der Waals surface area (Å²) >= 11 is 11.0. The van der Waals surface area contributed by atoms with Crippen LogP contribution in [0.3, 0.4) is 0 Å². The highest BCUT2D eigenvalue weighted by Gasteiger charge is 2.06. The van der Waals surface area contributed by atoms with E-state index in [1.807, 2.05) is 0 Å². The highest BCUT2D eigenvalue weighted by atomic mass is 35.5. The van der Waals surface area contributed by atoms with Gasteiger partial charge < -0.3 is 5.11 Å². The molecule has 0 aromatic carbocycles. The van der Waals surface area contributed by atoms with Crippen LogP contribution in [-0.2, 0) is 0 Å². The fourth-order valence-electron chi connectivity index (χ4n) is 0.531. The van der Waals surface area contributed by atoms with Crippen LogP contribution in [0.2, 0.25) is 10.0 Å². The van der Waals surface area contributed by atoms with Crippen LogP contribution in [-0.4, -0.2) is 16.1 Å². The van der Waals surface area contributed by atoms with Gasteiger partial charge in [0.15, 0.2) is 0 Å². The number of pyridine rings is 1. The minimum Gasteiger partial charge on any atom is -0.477 e. The SMILES string of the molecule is O=C(O)c1cc(Cl)c(Cl)cn1. The first kappa shape index (κ1) is 8.30. The molecule has 0 fully saturated rings. The van der Waals surface area contributed by atoms with Crippen molar-refractivity contribution in [3.63, 3.8) is 0 Å². The van der Waals surface area contributed by atoms with E-state index in [1.165, 1.54) is 12.3 Å². The van der Waals surface area contributed by atoms with Crippen molar-refractivity contribution in [1.29, 1.82) is 0 Å². The molecular weight excluding hydrogens is 189 g/mol. The number of rotatable bonds is 1.